The third kappa shape index (κ3) is 8.02. The molecule has 1 aromatic rings. The van der Waals surface area contributed by atoms with Crippen LogP contribution in [0.4, 0.5) is 0 Å². The first kappa shape index (κ1) is 38.1. The fraction of sp³-hybridized carbons (Fsp3) is 0.622. The van der Waals surface area contributed by atoms with Crippen LogP contribution in [-0.2, 0) is 33.4 Å². The molecule has 0 saturated carbocycles. The Morgan fingerprint density at radius 1 is 1.16 bits per heavy atom. The Balaban J connectivity index is 1.43. The number of fused-ring (bicyclic) bond motifs is 1. The molecule has 4 fully saturated rings. The highest BCUT2D eigenvalue weighted by Crippen LogP contribution is 2.60. The highest BCUT2D eigenvalue weighted by molar-refractivity contribution is 9.09. The predicted molar refractivity (Wildman–Crippen MR) is 190 cm³/mol. The molecular weight excluding hydrogens is 708 g/mol. The molecule has 274 valence electrons. The summed E-state index contributed by atoms with van der Waals surface area (Å²) in [6.07, 6.45) is 3.91. The second-order valence-corrected chi connectivity index (χ2v) is 14.8. The van der Waals surface area contributed by atoms with Gasteiger partial charge in [-0.1, -0.05) is 58.4 Å². The van der Waals surface area contributed by atoms with Crippen molar-refractivity contribution in [2.45, 2.75) is 73.7 Å². The summed E-state index contributed by atoms with van der Waals surface area (Å²) in [5.41, 5.74) is -0.551. The molecule has 1 aromatic carbocycles. The fourth-order valence-corrected chi connectivity index (χ4v) is 8.90. The quantitative estimate of drug-likeness (QED) is 0.100. The maximum absolute atomic E-state index is 14.7. The molecule has 0 aliphatic carbocycles. The standard InChI is InChI=1S/C37H51BrN4O8/c1-4-6-14-28(44)39-25(3)31(26-12-8-7-9-13-26)49-36(47)29-30-34(45)42(16-10-11-21-43)33(37(30)24-27(38)32(29)50-37)35(46)41(15-5-2)18-17-40-19-22-48-23-20-40/h4-5,7-9,12-13,25,27,29-33,43H,1-2,6,10-11,14-24H2,3H3,(H,39,44)/t25-,27?,29+,30-,31-,32+,33+,37-/m0/s1. The zero-order valence-electron chi connectivity index (χ0n) is 28.9. The van der Waals surface area contributed by atoms with Gasteiger partial charge in [0.1, 0.15) is 17.7 Å². The molecule has 0 aromatic heterocycles. The predicted octanol–water partition coefficient (Wildman–Crippen LogP) is 2.61. The van der Waals surface area contributed by atoms with E-state index < -0.39 is 47.7 Å². The van der Waals surface area contributed by atoms with E-state index in [0.717, 1.165) is 13.1 Å². The van der Waals surface area contributed by atoms with E-state index in [1.54, 1.807) is 28.9 Å². The summed E-state index contributed by atoms with van der Waals surface area (Å²) in [5, 5.41) is 12.5. The van der Waals surface area contributed by atoms with Crippen molar-refractivity contribution < 1.29 is 38.5 Å². The van der Waals surface area contributed by atoms with Gasteiger partial charge in [0.15, 0.2) is 0 Å². The number of halogens is 1. The van der Waals surface area contributed by atoms with E-state index in [-0.39, 0.29) is 42.1 Å². The van der Waals surface area contributed by atoms with E-state index in [2.05, 4.69) is 39.3 Å². The number of amides is 3. The minimum Gasteiger partial charge on any atom is -0.455 e. The number of carbonyl (C=O) groups excluding carboxylic acids is 4. The number of morpholine rings is 1. The molecule has 3 amide bonds. The van der Waals surface area contributed by atoms with Gasteiger partial charge in [-0.3, -0.25) is 24.1 Å². The summed E-state index contributed by atoms with van der Waals surface area (Å²) >= 11 is 3.74. The number of alkyl halides is 1. The van der Waals surface area contributed by atoms with Crippen LogP contribution in [0.3, 0.4) is 0 Å². The number of allylic oxidation sites excluding steroid dienone is 1. The maximum Gasteiger partial charge on any atom is 0.313 e. The van der Waals surface area contributed by atoms with Crippen molar-refractivity contribution in [2.24, 2.45) is 11.8 Å². The van der Waals surface area contributed by atoms with Crippen molar-refractivity contribution in [1.82, 2.24) is 20.0 Å². The van der Waals surface area contributed by atoms with Gasteiger partial charge in [0.2, 0.25) is 17.7 Å². The molecule has 2 N–H and O–H groups in total. The number of ether oxygens (including phenoxy) is 3. The van der Waals surface area contributed by atoms with Crippen LogP contribution in [0.25, 0.3) is 0 Å². The molecule has 0 radical (unpaired) electrons. The Morgan fingerprint density at radius 3 is 2.58 bits per heavy atom. The minimum absolute atomic E-state index is 0.0441. The van der Waals surface area contributed by atoms with Gasteiger partial charge < -0.3 is 34.4 Å². The van der Waals surface area contributed by atoms with Crippen molar-refractivity contribution in [3.8, 4) is 0 Å². The molecule has 1 unspecified atom stereocenters. The summed E-state index contributed by atoms with van der Waals surface area (Å²) < 4.78 is 18.5. The number of hydrogen-bond donors (Lipinski definition) is 2. The van der Waals surface area contributed by atoms with Crippen molar-refractivity contribution in [3.63, 3.8) is 0 Å². The second kappa shape index (κ2) is 17.4. The van der Waals surface area contributed by atoms with Crippen LogP contribution in [0.2, 0.25) is 0 Å². The molecule has 2 bridgehead atoms. The van der Waals surface area contributed by atoms with E-state index in [1.807, 2.05) is 30.3 Å². The number of rotatable bonds is 18. The summed E-state index contributed by atoms with van der Waals surface area (Å²) in [6.45, 7) is 13.8. The normalized spacial score (nSPS) is 28.5. The monoisotopic (exact) mass is 758 g/mol. The van der Waals surface area contributed by atoms with Crippen LogP contribution in [0.5, 0.6) is 0 Å². The van der Waals surface area contributed by atoms with Crippen molar-refractivity contribution in [1.29, 1.82) is 0 Å². The first-order valence-electron chi connectivity index (χ1n) is 17.8. The van der Waals surface area contributed by atoms with Gasteiger partial charge in [-0.2, -0.15) is 0 Å². The lowest BCUT2D eigenvalue weighted by Crippen LogP contribution is -2.57. The van der Waals surface area contributed by atoms with E-state index in [0.29, 0.717) is 64.1 Å². The lowest BCUT2D eigenvalue weighted by atomic mass is 9.70. The SMILES string of the molecule is C=CCCC(=O)N[C@@H](C)[C@H](OC(=O)[C@H]1[C@@H]2O[C@@]3(CC2Br)[C@@H]1C(=O)N(CCCCO)[C@@H]3C(=O)N(CC=C)CCN1CCOCC1)c1ccccc1. The number of hydrogen-bond acceptors (Lipinski definition) is 9. The lowest BCUT2D eigenvalue weighted by Gasteiger charge is -2.38. The number of unbranched alkanes of at least 4 members (excludes halogenated alkanes) is 1. The molecule has 4 aliphatic rings. The number of likely N-dealkylation sites (tertiary alicyclic amines) is 1. The van der Waals surface area contributed by atoms with Crippen LogP contribution in [-0.4, -0.2) is 131 Å². The topological polar surface area (TPSA) is 138 Å². The molecule has 5 rings (SSSR count). The number of esters is 1. The highest BCUT2D eigenvalue weighted by atomic mass is 79.9. The number of aliphatic hydroxyl groups is 1. The van der Waals surface area contributed by atoms with Crippen LogP contribution in [0.1, 0.15) is 50.7 Å². The van der Waals surface area contributed by atoms with Gasteiger partial charge in [0.25, 0.3) is 0 Å². The Hall–Kier alpha value is -3.10. The number of carbonyl (C=O) groups is 4. The summed E-state index contributed by atoms with van der Waals surface area (Å²) in [7, 11) is 0. The van der Waals surface area contributed by atoms with Crippen LogP contribution >= 0.6 is 15.9 Å². The molecule has 50 heavy (non-hydrogen) atoms. The second-order valence-electron chi connectivity index (χ2n) is 13.6. The van der Waals surface area contributed by atoms with Gasteiger partial charge in [0, 0.05) is 57.1 Å². The first-order valence-corrected chi connectivity index (χ1v) is 18.7. The van der Waals surface area contributed by atoms with E-state index >= 15 is 0 Å². The highest BCUT2D eigenvalue weighted by Gasteiger charge is 2.77. The number of aliphatic hydroxyl groups excluding tert-OH is 1. The van der Waals surface area contributed by atoms with Crippen molar-refractivity contribution >= 4 is 39.6 Å². The largest absolute Gasteiger partial charge is 0.455 e. The van der Waals surface area contributed by atoms with E-state index in [1.165, 1.54) is 0 Å². The molecule has 4 heterocycles. The van der Waals surface area contributed by atoms with Gasteiger partial charge in [-0.25, -0.2) is 0 Å². The van der Waals surface area contributed by atoms with Gasteiger partial charge in [-0.15, -0.1) is 13.2 Å². The van der Waals surface area contributed by atoms with Crippen LogP contribution in [0.15, 0.2) is 55.6 Å². The molecule has 8 atom stereocenters. The third-order valence-corrected chi connectivity index (χ3v) is 11.2. The summed E-state index contributed by atoms with van der Waals surface area (Å²) in [4.78, 5) is 61.5. The first-order chi connectivity index (χ1) is 24.2. The van der Waals surface area contributed by atoms with E-state index in [4.69, 9.17) is 14.2 Å². The van der Waals surface area contributed by atoms with Gasteiger partial charge in [0.05, 0.1) is 37.2 Å². The van der Waals surface area contributed by atoms with Crippen LogP contribution in [0, 0.1) is 11.8 Å². The number of nitrogens with zero attached hydrogens (tertiary/aromatic N) is 3. The maximum atomic E-state index is 14.7. The third-order valence-electron chi connectivity index (χ3n) is 10.3. The molecule has 4 saturated heterocycles. The van der Waals surface area contributed by atoms with Crippen molar-refractivity contribution in [2.75, 3.05) is 59.1 Å². The van der Waals surface area contributed by atoms with Crippen molar-refractivity contribution in [3.05, 3.63) is 61.2 Å². The molecule has 12 nitrogen and oxygen atoms in total. The smallest absolute Gasteiger partial charge is 0.313 e. The molecule has 4 aliphatic heterocycles. The zero-order valence-corrected chi connectivity index (χ0v) is 30.5. The molecule has 13 heteroatoms. The zero-order chi connectivity index (χ0) is 35.8. The molecule has 1 spiro atoms. The Morgan fingerprint density at radius 2 is 1.90 bits per heavy atom. The van der Waals surface area contributed by atoms with E-state index in [9.17, 15) is 24.3 Å². The summed E-state index contributed by atoms with van der Waals surface area (Å²) in [6, 6.07) is 7.66. The lowest BCUT2D eigenvalue weighted by molar-refractivity contribution is -0.162. The Labute approximate surface area is 303 Å². The fourth-order valence-electron chi connectivity index (χ4n) is 7.96. The Bertz CT molecular complexity index is 1380. The van der Waals surface area contributed by atoms with Crippen LogP contribution < -0.4 is 5.32 Å². The average Bonchev–Trinajstić information content (AvgIpc) is 3.71. The molecular formula is C37H51BrN4O8. The number of nitrogens with one attached hydrogen (secondary N) is 1. The van der Waals surface area contributed by atoms with Gasteiger partial charge >= 0.3 is 5.97 Å². The Kier molecular flexibility index (Phi) is 13.3. The average molecular weight is 760 g/mol. The minimum atomic E-state index is -1.25. The summed E-state index contributed by atoms with van der Waals surface area (Å²) in [5.74, 6) is -3.28. The number of benzene rings is 1. The van der Waals surface area contributed by atoms with Gasteiger partial charge in [-0.05, 0) is 38.2 Å².